The Morgan fingerprint density at radius 1 is 1.20 bits per heavy atom. The van der Waals surface area contributed by atoms with Crippen molar-refractivity contribution in [2.24, 2.45) is 5.10 Å². The summed E-state index contributed by atoms with van der Waals surface area (Å²) in [4.78, 5) is 0. The van der Waals surface area contributed by atoms with E-state index in [2.05, 4.69) is 15.8 Å². The summed E-state index contributed by atoms with van der Waals surface area (Å²) in [5.74, 6) is 0.815. The Bertz CT molecular complexity index is 753. The number of hydrogen-bond donors (Lipinski definition) is 2. The van der Waals surface area contributed by atoms with Gasteiger partial charge in [0.2, 0.25) is 0 Å². The van der Waals surface area contributed by atoms with Gasteiger partial charge in [-0.15, -0.1) is 0 Å². The second-order valence-electron chi connectivity index (χ2n) is 4.97. The zero-order valence-electron chi connectivity index (χ0n) is 14.1. The SMILES string of the molecule is CCOc1cc(/C=N/NC(=S)NC)ccc1OCc1ccccc1F. The number of ether oxygens (including phenoxy) is 2. The van der Waals surface area contributed by atoms with Crippen molar-refractivity contribution in [3.63, 3.8) is 0 Å². The van der Waals surface area contributed by atoms with E-state index in [-0.39, 0.29) is 12.4 Å². The molecule has 7 heteroatoms. The van der Waals surface area contributed by atoms with Crippen molar-refractivity contribution >= 4 is 23.5 Å². The molecule has 0 saturated heterocycles. The smallest absolute Gasteiger partial charge is 0.186 e. The summed E-state index contributed by atoms with van der Waals surface area (Å²) in [5, 5.41) is 7.21. The minimum Gasteiger partial charge on any atom is -0.490 e. The number of halogens is 1. The van der Waals surface area contributed by atoms with Gasteiger partial charge in [0.25, 0.3) is 0 Å². The van der Waals surface area contributed by atoms with Crippen molar-refractivity contribution in [3.8, 4) is 11.5 Å². The molecule has 0 atom stereocenters. The summed E-state index contributed by atoms with van der Waals surface area (Å²) in [6.07, 6.45) is 1.62. The molecule has 0 aliphatic carbocycles. The molecule has 5 nitrogen and oxygen atoms in total. The highest BCUT2D eigenvalue weighted by Gasteiger charge is 2.08. The zero-order valence-corrected chi connectivity index (χ0v) is 14.9. The van der Waals surface area contributed by atoms with Crippen molar-refractivity contribution in [2.45, 2.75) is 13.5 Å². The summed E-state index contributed by atoms with van der Waals surface area (Å²) in [7, 11) is 1.71. The second kappa shape index (κ2) is 9.58. The van der Waals surface area contributed by atoms with Gasteiger partial charge in [-0.2, -0.15) is 5.10 Å². The molecule has 0 aromatic heterocycles. The molecule has 0 saturated carbocycles. The highest BCUT2D eigenvalue weighted by atomic mass is 32.1. The van der Waals surface area contributed by atoms with Gasteiger partial charge in [0, 0.05) is 12.6 Å². The Labute approximate surface area is 151 Å². The largest absolute Gasteiger partial charge is 0.490 e. The summed E-state index contributed by atoms with van der Waals surface area (Å²) in [6, 6.07) is 11.9. The third-order valence-corrected chi connectivity index (χ3v) is 3.51. The number of nitrogens with zero attached hydrogens (tertiary/aromatic N) is 1. The van der Waals surface area contributed by atoms with E-state index in [4.69, 9.17) is 21.7 Å². The number of thiocarbonyl (C=S) groups is 1. The van der Waals surface area contributed by atoms with Gasteiger partial charge < -0.3 is 14.8 Å². The van der Waals surface area contributed by atoms with Crippen LogP contribution in [0.25, 0.3) is 0 Å². The van der Waals surface area contributed by atoms with Crippen LogP contribution in [-0.2, 0) is 6.61 Å². The number of benzene rings is 2. The summed E-state index contributed by atoms with van der Waals surface area (Å²) in [6.45, 7) is 2.49. The van der Waals surface area contributed by atoms with Gasteiger partial charge in [-0.25, -0.2) is 4.39 Å². The normalized spacial score (nSPS) is 10.5. The van der Waals surface area contributed by atoms with Crippen LogP contribution in [-0.4, -0.2) is 25.0 Å². The Balaban J connectivity index is 2.10. The lowest BCUT2D eigenvalue weighted by Gasteiger charge is -2.13. The van der Waals surface area contributed by atoms with Crippen LogP contribution >= 0.6 is 12.2 Å². The molecule has 0 unspecified atom stereocenters. The molecule has 2 rings (SSSR count). The van der Waals surface area contributed by atoms with Gasteiger partial charge in [-0.1, -0.05) is 18.2 Å². The third kappa shape index (κ3) is 5.72. The van der Waals surface area contributed by atoms with Crippen molar-refractivity contribution in [3.05, 3.63) is 59.4 Å². The molecule has 0 radical (unpaired) electrons. The van der Waals surface area contributed by atoms with Gasteiger partial charge in [0.1, 0.15) is 12.4 Å². The van der Waals surface area contributed by atoms with Gasteiger partial charge in [-0.05, 0) is 49.0 Å². The van der Waals surface area contributed by atoms with Gasteiger partial charge in [0.05, 0.1) is 12.8 Å². The van der Waals surface area contributed by atoms with Crippen LogP contribution in [0.2, 0.25) is 0 Å². The molecule has 0 heterocycles. The van der Waals surface area contributed by atoms with Gasteiger partial charge in [0.15, 0.2) is 16.6 Å². The predicted molar refractivity (Wildman–Crippen MR) is 101 cm³/mol. The van der Waals surface area contributed by atoms with Crippen LogP contribution in [0.4, 0.5) is 4.39 Å². The van der Waals surface area contributed by atoms with E-state index in [1.807, 2.05) is 13.0 Å². The minimum atomic E-state index is -0.296. The molecule has 132 valence electrons. The lowest BCUT2D eigenvalue weighted by molar-refractivity contribution is 0.266. The lowest BCUT2D eigenvalue weighted by Crippen LogP contribution is -2.28. The van der Waals surface area contributed by atoms with Crippen LogP contribution in [0.15, 0.2) is 47.6 Å². The highest BCUT2D eigenvalue weighted by molar-refractivity contribution is 7.80. The van der Waals surface area contributed by atoms with E-state index in [0.717, 1.165) is 5.56 Å². The standard InChI is InChI=1S/C18H20FN3O2S/c1-3-23-17-10-13(11-21-22-18(25)20-2)8-9-16(17)24-12-14-6-4-5-7-15(14)19/h4-11H,3,12H2,1-2H3,(H2,20,22,25)/b21-11+. The first-order valence-electron chi connectivity index (χ1n) is 7.78. The van der Waals surface area contributed by atoms with Gasteiger partial charge >= 0.3 is 0 Å². The van der Waals surface area contributed by atoms with Gasteiger partial charge in [-0.3, -0.25) is 5.43 Å². The van der Waals surface area contributed by atoms with Crippen molar-refractivity contribution in [1.82, 2.24) is 10.7 Å². The highest BCUT2D eigenvalue weighted by Crippen LogP contribution is 2.29. The predicted octanol–water partition coefficient (Wildman–Crippen LogP) is 3.23. The molecular weight excluding hydrogens is 341 g/mol. The molecule has 0 aliphatic rings. The first-order valence-corrected chi connectivity index (χ1v) is 8.18. The number of hydrazone groups is 1. The Hall–Kier alpha value is -2.67. The van der Waals surface area contributed by atoms with E-state index in [1.165, 1.54) is 6.07 Å². The molecule has 2 N–H and O–H groups in total. The van der Waals surface area contributed by atoms with Crippen LogP contribution in [0.1, 0.15) is 18.1 Å². The second-order valence-corrected chi connectivity index (χ2v) is 5.38. The number of hydrogen-bond acceptors (Lipinski definition) is 4. The molecule has 0 fully saturated rings. The fourth-order valence-electron chi connectivity index (χ4n) is 1.98. The Morgan fingerprint density at radius 2 is 2.00 bits per heavy atom. The van der Waals surface area contributed by atoms with Crippen LogP contribution in [0.5, 0.6) is 11.5 Å². The molecule has 2 aromatic rings. The summed E-state index contributed by atoms with van der Waals surface area (Å²) in [5.41, 5.74) is 3.98. The molecule has 0 spiro atoms. The number of rotatable bonds is 7. The summed E-state index contributed by atoms with van der Waals surface area (Å²) < 4.78 is 25.0. The van der Waals surface area contributed by atoms with Crippen LogP contribution < -0.4 is 20.2 Å². The fourth-order valence-corrected chi connectivity index (χ4v) is 2.04. The molecule has 2 aromatic carbocycles. The third-order valence-electron chi connectivity index (χ3n) is 3.22. The van der Waals surface area contributed by atoms with Crippen LogP contribution in [0, 0.1) is 5.82 Å². The monoisotopic (exact) mass is 361 g/mol. The van der Waals surface area contributed by atoms with Crippen molar-refractivity contribution in [1.29, 1.82) is 0 Å². The molecule has 0 aliphatic heterocycles. The first kappa shape index (κ1) is 18.7. The van der Waals surface area contributed by atoms with E-state index in [1.54, 1.807) is 43.6 Å². The van der Waals surface area contributed by atoms with E-state index >= 15 is 0 Å². The van der Waals surface area contributed by atoms with Crippen LogP contribution in [0.3, 0.4) is 0 Å². The quantitative estimate of drug-likeness (QED) is 0.450. The Kier molecular flexibility index (Phi) is 7.16. The van der Waals surface area contributed by atoms with E-state index in [0.29, 0.717) is 28.8 Å². The van der Waals surface area contributed by atoms with Crippen molar-refractivity contribution in [2.75, 3.05) is 13.7 Å². The van der Waals surface area contributed by atoms with E-state index < -0.39 is 0 Å². The first-order chi connectivity index (χ1) is 12.1. The maximum absolute atomic E-state index is 13.7. The average Bonchev–Trinajstić information content (AvgIpc) is 2.62. The zero-order chi connectivity index (χ0) is 18.1. The maximum Gasteiger partial charge on any atom is 0.186 e. The number of nitrogens with one attached hydrogen (secondary N) is 2. The fraction of sp³-hybridized carbons (Fsp3) is 0.222. The summed E-state index contributed by atoms with van der Waals surface area (Å²) >= 11 is 4.94. The average molecular weight is 361 g/mol. The topological polar surface area (TPSA) is 54.9 Å². The Morgan fingerprint density at radius 3 is 2.72 bits per heavy atom. The lowest BCUT2D eigenvalue weighted by atomic mass is 10.2. The maximum atomic E-state index is 13.7. The molecule has 0 bridgehead atoms. The van der Waals surface area contributed by atoms with Crippen molar-refractivity contribution < 1.29 is 13.9 Å². The molecular formula is C18H20FN3O2S. The molecule has 25 heavy (non-hydrogen) atoms. The minimum absolute atomic E-state index is 0.123. The van der Waals surface area contributed by atoms with E-state index in [9.17, 15) is 4.39 Å². The molecule has 0 amide bonds.